The van der Waals surface area contributed by atoms with Gasteiger partial charge in [0, 0.05) is 30.3 Å². The standard InChI is InChI=1S/C18H22N4O/c23-17(18-8-2-1-3-14(18)11-20-12-18)21-15-4-6-16(7-5-15)22-10-9-19-13-22/h4-7,9-10,13-14,20H,1-3,8,11-12H2,(H,21,23)/t14-,18+/m0/s1. The first-order valence-corrected chi connectivity index (χ1v) is 8.38. The third-order valence-electron chi connectivity index (χ3n) is 5.42. The fraction of sp³-hybridized carbons (Fsp3) is 0.444. The number of rotatable bonds is 3. The maximum Gasteiger partial charge on any atom is 0.232 e. The molecular weight excluding hydrogens is 288 g/mol. The molecule has 1 saturated heterocycles. The molecule has 1 aliphatic carbocycles. The van der Waals surface area contributed by atoms with Crippen molar-refractivity contribution < 1.29 is 4.79 Å². The van der Waals surface area contributed by atoms with Crippen LogP contribution in [-0.4, -0.2) is 28.5 Å². The van der Waals surface area contributed by atoms with Gasteiger partial charge >= 0.3 is 0 Å². The number of hydrogen-bond acceptors (Lipinski definition) is 3. The van der Waals surface area contributed by atoms with Crippen molar-refractivity contribution in [2.24, 2.45) is 11.3 Å². The molecule has 2 atom stereocenters. The first-order chi connectivity index (χ1) is 11.3. The van der Waals surface area contributed by atoms with E-state index in [1.165, 1.54) is 12.8 Å². The minimum atomic E-state index is -0.207. The summed E-state index contributed by atoms with van der Waals surface area (Å²) in [6, 6.07) is 7.93. The number of nitrogens with one attached hydrogen (secondary N) is 2. The van der Waals surface area contributed by atoms with Gasteiger partial charge in [-0.05, 0) is 49.6 Å². The number of nitrogens with zero attached hydrogens (tertiary/aromatic N) is 2. The van der Waals surface area contributed by atoms with Crippen LogP contribution in [0.4, 0.5) is 5.69 Å². The molecule has 2 N–H and O–H groups in total. The lowest BCUT2D eigenvalue weighted by Crippen LogP contribution is -2.44. The van der Waals surface area contributed by atoms with Gasteiger partial charge in [0.1, 0.15) is 0 Å². The monoisotopic (exact) mass is 310 g/mol. The van der Waals surface area contributed by atoms with Crippen LogP contribution in [0, 0.1) is 11.3 Å². The molecule has 1 aromatic carbocycles. The number of benzene rings is 1. The van der Waals surface area contributed by atoms with Gasteiger partial charge < -0.3 is 15.2 Å². The number of fused-ring (bicyclic) bond motifs is 1. The largest absolute Gasteiger partial charge is 0.326 e. The van der Waals surface area contributed by atoms with Crippen molar-refractivity contribution >= 4 is 11.6 Å². The molecule has 5 heteroatoms. The van der Waals surface area contributed by atoms with E-state index in [0.29, 0.717) is 5.92 Å². The highest BCUT2D eigenvalue weighted by Gasteiger charge is 2.49. The van der Waals surface area contributed by atoms with E-state index in [0.717, 1.165) is 37.3 Å². The third-order valence-corrected chi connectivity index (χ3v) is 5.42. The molecule has 0 spiro atoms. The van der Waals surface area contributed by atoms with Crippen molar-refractivity contribution in [1.82, 2.24) is 14.9 Å². The second-order valence-corrected chi connectivity index (χ2v) is 6.70. The molecule has 2 aromatic rings. The lowest BCUT2D eigenvalue weighted by atomic mass is 9.67. The normalized spacial score (nSPS) is 26.7. The second kappa shape index (κ2) is 5.81. The first-order valence-electron chi connectivity index (χ1n) is 8.38. The zero-order valence-electron chi connectivity index (χ0n) is 13.2. The summed E-state index contributed by atoms with van der Waals surface area (Å²) in [5.74, 6) is 0.670. The van der Waals surface area contributed by atoms with Crippen molar-refractivity contribution in [3.63, 3.8) is 0 Å². The Labute approximate surface area is 136 Å². The quantitative estimate of drug-likeness (QED) is 0.916. The van der Waals surface area contributed by atoms with Crippen molar-refractivity contribution in [3.8, 4) is 5.69 Å². The van der Waals surface area contributed by atoms with Crippen LogP contribution in [0.1, 0.15) is 25.7 Å². The molecule has 0 bridgehead atoms. The summed E-state index contributed by atoms with van der Waals surface area (Å²) in [7, 11) is 0. The molecule has 1 saturated carbocycles. The smallest absolute Gasteiger partial charge is 0.232 e. The fourth-order valence-corrected chi connectivity index (χ4v) is 4.07. The van der Waals surface area contributed by atoms with Gasteiger partial charge in [0.15, 0.2) is 0 Å². The molecule has 5 nitrogen and oxygen atoms in total. The van der Waals surface area contributed by atoms with Gasteiger partial charge in [-0.3, -0.25) is 4.79 Å². The van der Waals surface area contributed by atoms with E-state index in [-0.39, 0.29) is 11.3 Å². The van der Waals surface area contributed by atoms with E-state index in [1.807, 2.05) is 35.0 Å². The summed E-state index contributed by atoms with van der Waals surface area (Å²) in [6.45, 7) is 1.80. The molecule has 2 aliphatic rings. The van der Waals surface area contributed by atoms with E-state index in [4.69, 9.17) is 0 Å². The topological polar surface area (TPSA) is 59.0 Å². The highest BCUT2D eigenvalue weighted by atomic mass is 16.2. The Morgan fingerprint density at radius 2 is 2.17 bits per heavy atom. The van der Waals surface area contributed by atoms with Gasteiger partial charge in [-0.25, -0.2) is 4.98 Å². The van der Waals surface area contributed by atoms with E-state index < -0.39 is 0 Å². The van der Waals surface area contributed by atoms with Crippen LogP contribution in [0.5, 0.6) is 0 Å². The molecule has 2 heterocycles. The molecular formula is C18H22N4O. The Hall–Kier alpha value is -2.14. The van der Waals surface area contributed by atoms with Crippen LogP contribution in [0.2, 0.25) is 0 Å². The van der Waals surface area contributed by atoms with E-state index in [1.54, 1.807) is 12.5 Å². The van der Waals surface area contributed by atoms with Gasteiger partial charge in [0.25, 0.3) is 0 Å². The third kappa shape index (κ3) is 2.55. The van der Waals surface area contributed by atoms with Crippen LogP contribution < -0.4 is 10.6 Å². The fourth-order valence-electron chi connectivity index (χ4n) is 4.07. The van der Waals surface area contributed by atoms with E-state index >= 15 is 0 Å². The van der Waals surface area contributed by atoms with E-state index in [2.05, 4.69) is 15.6 Å². The van der Waals surface area contributed by atoms with Gasteiger partial charge in [0.2, 0.25) is 5.91 Å². The predicted octanol–water partition coefficient (Wildman–Crippen LogP) is 2.59. The molecule has 1 amide bonds. The van der Waals surface area contributed by atoms with Crippen LogP contribution >= 0.6 is 0 Å². The average Bonchev–Trinajstić information content (AvgIpc) is 3.25. The summed E-state index contributed by atoms with van der Waals surface area (Å²) in [5, 5.41) is 6.57. The summed E-state index contributed by atoms with van der Waals surface area (Å²) in [6.07, 6.45) is 10.0. The highest BCUT2D eigenvalue weighted by Crippen LogP contribution is 2.44. The number of hydrogen-bond donors (Lipinski definition) is 2. The maximum atomic E-state index is 12.9. The van der Waals surface area contributed by atoms with Crippen molar-refractivity contribution in [2.45, 2.75) is 25.7 Å². The van der Waals surface area contributed by atoms with Gasteiger partial charge in [-0.1, -0.05) is 12.8 Å². The Morgan fingerprint density at radius 1 is 1.30 bits per heavy atom. The number of amides is 1. The zero-order valence-corrected chi connectivity index (χ0v) is 13.2. The predicted molar refractivity (Wildman–Crippen MR) is 89.5 cm³/mol. The average molecular weight is 310 g/mol. The number of carbonyl (C=O) groups excluding carboxylic acids is 1. The Bertz CT molecular complexity index is 680. The van der Waals surface area contributed by atoms with Crippen molar-refractivity contribution in [1.29, 1.82) is 0 Å². The Balaban J connectivity index is 1.50. The number of anilines is 1. The minimum absolute atomic E-state index is 0.183. The molecule has 4 rings (SSSR count). The maximum absolute atomic E-state index is 12.9. The number of carbonyl (C=O) groups is 1. The highest BCUT2D eigenvalue weighted by molar-refractivity contribution is 5.96. The molecule has 0 radical (unpaired) electrons. The number of imidazole rings is 1. The van der Waals surface area contributed by atoms with Gasteiger partial charge in [-0.2, -0.15) is 0 Å². The van der Waals surface area contributed by atoms with Gasteiger partial charge in [-0.15, -0.1) is 0 Å². The Morgan fingerprint density at radius 3 is 2.96 bits per heavy atom. The number of aromatic nitrogens is 2. The molecule has 23 heavy (non-hydrogen) atoms. The summed E-state index contributed by atoms with van der Waals surface area (Å²) in [5.41, 5.74) is 1.70. The SMILES string of the molecule is O=C(Nc1ccc(-n2ccnc2)cc1)[C@@]12CCCC[C@H]1CNC2. The van der Waals surface area contributed by atoms with Crippen LogP contribution in [-0.2, 0) is 4.79 Å². The summed E-state index contributed by atoms with van der Waals surface area (Å²) < 4.78 is 1.95. The molecule has 2 fully saturated rings. The summed E-state index contributed by atoms with van der Waals surface area (Å²) in [4.78, 5) is 17.0. The lowest BCUT2D eigenvalue weighted by molar-refractivity contribution is -0.128. The van der Waals surface area contributed by atoms with Crippen LogP contribution in [0.25, 0.3) is 5.69 Å². The Kier molecular flexibility index (Phi) is 3.65. The first kappa shape index (κ1) is 14.5. The molecule has 120 valence electrons. The minimum Gasteiger partial charge on any atom is -0.326 e. The van der Waals surface area contributed by atoms with Crippen LogP contribution in [0.3, 0.4) is 0 Å². The van der Waals surface area contributed by atoms with Crippen molar-refractivity contribution in [2.75, 3.05) is 18.4 Å². The zero-order chi connectivity index (χ0) is 15.7. The van der Waals surface area contributed by atoms with Crippen LogP contribution in [0.15, 0.2) is 43.0 Å². The van der Waals surface area contributed by atoms with Gasteiger partial charge in [0.05, 0.1) is 11.7 Å². The van der Waals surface area contributed by atoms with Crippen molar-refractivity contribution in [3.05, 3.63) is 43.0 Å². The summed E-state index contributed by atoms with van der Waals surface area (Å²) >= 11 is 0. The van der Waals surface area contributed by atoms with E-state index in [9.17, 15) is 4.79 Å². The lowest BCUT2D eigenvalue weighted by Gasteiger charge is -2.37. The second-order valence-electron chi connectivity index (χ2n) is 6.70. The molecule has 1 aromatic heterocycles. The molecule has 1 aliphatic heterocycles. The molecule has 0 unspecified atom stereocenters.